The van der Waals surface area contributed by atoms with Crippen molar-refractivity contribution in [2.24, 2.45) is 5.92 Å². The number of piperidine rings is 1. The zero-order valence-corrected chi connectivity index (χ0v) is 12.4. The highest BCUT2D eigenvalue weighted by Crippen LogP contribution is 2.36. The van der Waals surface area contributed by atoms with E-state index in [1.807, 2.05) is 0 Å². The van der Waals surface area contributed by atoms with Crippen molar-refractivity contribution in [3.63, 3.8) is 0 Å². The van der Waals surface area contributed by atoms with E-state index in [0.717, 1.165) is 31.8 Å². The summed E-state index contributed by atoms with van der Waals surface area (Å²) >= 11 is 0. The number of ether oxygens (including phenoxy) is 2. The predicted octanol–water partition coefficient (Wildman–Crippen LogP) is 2.25. The van der Waals surface area contributed by atoms with Gasteiger partial charge in [0.15, 0.2) is 11.5 Å². The van der Waals surface area contributed by atoms with Gasteiger partial charge in [0.2, 0.25) is 0 Å². The quantitative estimate of drug-likeness (QED) is 0.509. The third-order valence-electron chi connectivity index (χ3n) is 3.79. The van der Waals surface area contributed by atoms with E-state index in [2.05, 4.69) is 11.8 Å². The number of likely N-dealkylation sites (tertiary alicyclic amines) is 1. The van der Waals surface area contributed by atoms with Crippen LogP contribution in [0.1, 0.15) is 19.8 Å². The minimum atomic E-state index is -0.534. The molecule has 21 heavy (non-hydrogen) atoms. The Morgan fingerprint density at radius 2 is 2.05 bits per heavy atom. The molecule has 0 radical (unpaired) electrons. The molecule has 1 aliphatic rings. The predicted molar refractivity (Wildman–Crippen MR) is 79.5 cm³/mol. The van der Waals surface area contributed by atoms with Crippen molar-refractivity contribution in [1.82, 2.24) is 4.90 Å². The summed E-state index contributed by atoms with van der Waals surface area (Å²) < 4.78 is 10.9. The van der Waals surface area contributed by atoms with Crippen LogP contribution in [0.5, 0.6) is 11.5 Å². The number of nitrogens with two attached hydrogens (primary N) is 1. The van der Waals surface area contributed by atoms with Crippen LogP contribution < -0.4 is 15.2 Å². The molecule has 0 aromatic heterocycles. The minimum absolute atomic E-state index is 0.0723. The number of nitrogen functional groups attached to an aromatic ring is 1. The Hall–Kier alpha value is -2.02. The molecule has 0 unspecified atom stereocenters. The molecule has 7 heteroatoms. The number of hydrogen-bond donors (Lipinski definition) is 1. The second-order valence-corrected chi connectivity index (χ2v) is 5.39. The number of benzene rings is 1. The van der Waals surface area contributed by atoms with E-state index in [9.17, 15) is 10.1 Å². The number of nitrogens with zero attached hydrogens (tertiary/aromatic N) is 2. The van der Waals surface area contributed by atoms with Gasteiger partial charge in [-0.1, -0.05) is 6.92 Å². The van der Waals surface area contributed by atoms with Crippen LogP contribution in [0.25, 0.3) is 0 Å². The Bertz CT molecular complexity index is 513. The lowest BCUT2D eigenvalue weighted by molar-refractivity contribution is -0.384. The van der Waals surface area contributed by atoms with E-state index < -0.39 is 4.92 Å². The summed E-state index contributed by atoms with van der Waals surface area (Å²) in [6.07, 6.45) is 2.31. The lowest BCUT2D eigenvalue weighted by atomic mass is 10.00. The first kappa shape index (κ1) is 15.4. The molecule has 0 spiro atoms. The topological polar surface area (TPSA) is 90.9 Å². The number of nitro benzene ring substituents is 1. The highest BCUT2D eigenvalue weighted by molar-refractivity contribution is 5.65. The molecule has 2 N–H and O–H groups in total. The van der Waals surface area contributed by atoms with Crippen LogP contribution in [-0.4, -0.2) is 36.8 Å². The van der Waals surface area contributed by atoms with E-state index in [-0.39, 0.29) is 11.4 Å². The lowest BCUT2D eigenvalue weighted by Crippen LogP contribution is -2.35. The Morgan fingerprint density at radius 1 is 1.38 bits per heavy atom. The smallest absolute Gasteiger partial charge is 0.296 e. The van der Waals surface area contributed by atoms with Crippen molar-refractivity contribution in [2.45, 2.75) is 19.8 Å². The molecule has 0 saturated carbocycles. The molecular formula is C14H21N3O4. The van der Waals surface area contributed by atoms with Gasteiger partial charge in [-0.15, -0.1) is 0 Å². The standard InChI is InChI=1S/C14H21N3O4/c1-10-3-5-16(6-4-10)9-21-14-7-11(15)12(17(18)19)8-13(14)20-2/h7-8,10H,3-6,9,15H2,1-2H3. The van der Waals surface area contributed by atoms with Crippen molar-refractivity contribution < 1.29 is 14.4 Å². The molecule has 1 saturated heterocycles. The van der Waals surface area contributed by atoms with Gasteiger partial charge in [-0.25, -0.2) is 0 Å². The minimum Gasteiger partial charge on any atom is -0.493 e. The van der Waals surface area contributed by atoms with E-state index in [1.165, 1.54) is 19.2 Å². The van der Waals surface area contributed by atoms with Gasteiger partial charge < -0.3 is 15.2 Å². The van der Waals surface area contributed by atoms with Gasteiger partial charge in [-0.05, 0) is 18.8 Å². The third-order valence-corrected chi connectivity index (χ3v) is 3.79. The summed E-state index contributed by atoms with van der Waals surface area (Å²) in [5, 5.41) is 10.9. The molecule has 1 aromatic rings. The molecule has 7 nitrogen and oxygen atoms in total. The summed E-state index contributed by atoms with van der Waals surface area (Å²) in [5.41, 5.74) is 5.58. The van der Waals surface area contributed by atoms with Crippen LogP contribution in [-0.2, 0) is 0 Å². The van der Waals surface area contributed by atoms with Crippen LogP contribution >= 0.6 is 0 Å². The van der Waals surface area contributed by atoms with Crippen molar-refractivity contribution in [1.29, 1.82) is 0 Å². The molecule has 116 valence electrons. The molecule has 1 heterocycles. The Morgan fingerprint density at radius 3 is 2.62 bits per heavy atom. The molecular weight excluding hydrogens is 274 g/mol. The van der Waals surface area contributed by atoms with Gasteiger partial charge in [-0.2, -0.15) is 0 Å². The maximum absolute atomic E-state index is 10.9. The van der Waals surface area contributed by atoms with Crippen LogP contribution in [0.15, 0.2) is 12.1 Å². The van der Waals surface area contributed by atoms with Gasteiger partial charge in [0, 0.05) is 19.2 Å². The monoisotopic (exact) mass is 295 g/mol. The Kier molecular flexibility index (Phi) is 4.85. The number of hydrogen-bond acceptors (Lipinski definition) is 6. The van der Waals surface area contributed by atoms with E-state index >= 15 is 0 Å². The second kappa shape index (κ2) is 6.62. The molecule has 1 fully saturated rings. The van der Waals surface area contributed by atoms with Gasteiger partial charge in [-0.3, -0.25) is 15.0 Å². The highest BCUT2D eigenvalue weighted by Gasteiger charge is 2.20. The van der Waals surface area contributed by atoms with E-state index in [0.29, 0.717) is 18.2 Å². The molecule has 0 bridgehead atoms. The van der Waals surface area contributed by atoms with Gasteiger partial charge in [0.1, 0.15) is 12.4 Å². The van der Waals surface area contributed by atoms with Crippen LogP contribution in [0, 0.1) is 16.0 Å². The molecule has 0 aliphatic carbocycles. The fourth-order valence-electron chi connectivity index (χ4n) is 2.35. The first-order valence-corrected chi connectivity index (χ1v) is 6.98. The summed E-state index contributed by atoms with van der Waals surface area (Å²) in [5.74, 6) is 1.51. The summed E-state index contributed by atoms with van der Waals surface area (Å²) in [6.45, 7) is 4.66. The van der Waals surface area contributed by atoms with Crippen LogP contribution in [0.2, 0.25) is 0 Å². The highest BCUT2D eigenvalue weighted by atomic mass is 16.6. The number of rotatable bonds is 5. The zero-order chi connectivity index (χ0) is 15.4. The fraction of sp³-hybridized carbons (Fsp3) is 0.571. The first-order chi connectivity index (χ1) is 10.0. The van der Waals surface area contributed by atoms with Crippen LogP contribution in [0.4, 0.5) is 11.4 Å². The Balaban J connectivity index is 2.05. The number of methoxy groups -OCH3 is 1. The summed E-state index contributed by atoms with van der Waals surface area (Å²) in [7, 11) is 1.45. The lowest BCUT2D eigenvalue weighted by Gasteiger charge is -2.29. The van der Waals surface area contributed by atoms with Crippen molar-refractivity contribution in [3.8, 4) is 11.5 Å². The number of anilines is 1. The molecule has 1 aromatic carbocycles. The average molecular weight is 295 g/mol. The molecule has 2 rings (SSSR count). The molecule has 0 amide bonds. The SMILES string of the molecule is COc1cc([N+](=O)[O-])c(N)cc1OCN1CCC(C)CC1. The largest absolute Gasteiger partial charge is 0.493 e. The number of nitro groups is 1. The average Bonchev–Trinajstić information content (AvgIpc) is 2.46. The Labute approximate surface area is 123 Å². The summed E-state index contributed by atoms with van der Waals surface area (Å²) in [4.78, 5) is 12.5. The second-order valence-electron chi connectivity index (χ2n) is 5.39. The maximum atomic E-state index is 10.9. The van der Waals surface area contributed by atoms with Crippen molar-refractivity contribution >= 4 is 11.4 Å². The van der Waals surface area contributed by atoms with E-state index in [4.69, 9.17) is 15.2 Å². The fourth-order valence-corrected chi connectivity index (χ4v) is 2.35. The molecule has 1 aliphatic heterocycles. The maximum Gasteiger partial charge on any atom is 0.296 e. The van der Waals surface area contributed by atoms with Crippen LogP contribution in [0.3, 0.4) is 0 Å². The molecule has 0 atom stereocenters. The van der Waals surface area contributed by atoms with Crippen molar-refractivity contribution in [3.05, 3.63) is 22.2 Å². The summed E-state index contributed by atoms with van der Waals surface area (Å²) in [6, 6.07) is 2.74. The van der Waals surface area contributed by atoms with Gasteiger partial charge >= 0.3 is 0 Å². The normalized spacial score (nSPS) is 16.7. The first-order valence-electron chi connectivity index (χ1n) is 6.98. The van der Waals surface area contributed by atoms with Gasteiger partial charge in [0.05, 0.1) is 18.1 Å². The van der Waals surface area contributed by atoms with Crippen molar-refractivity contribution in [2.75, 3.05) is 32.7 Å². The zero-order valence-electron chi connectivity index (χ0n) is 12.4. The third kappa shape index (κ3) is 3.75. The van der Waals surface area contributed by atoms with Gasteiger partial charge in [0.25, 0.3) is 5.69 Å². The van der Waals surface area contributed by atoms with E-state index in [1.54, 1.807) is 0 Å².